The minimum atomic E-state index is -4.02. The maximum absolute atomic E-state index is 14.6. The van der Waals surface area contributed by atoms with Crippen LogP contribution in [-0.4, -0.2) is 23.2 Å². The van der Waals surface area contributed by atoms with Crippen molar-refractivity contribution in [2.45, 2.75) is 31.1 Å². The maximum atomic E-state index is 14.6. The van der Waals surface area contributed by atoms with Crippen LogP contribution in [-0.2, 0) is 15.4 Å². The number of nitrogens with zero attached hydrogens (tertiary/aromatic N) is 3. The Bertz CT molecular complexity index is 1340. The van der Waals surface area contributed by atoms with E-state index in [1.165, 1.54) is 23.0 Å². The first-order chi connectivity index (χ1) is 14.2. The van der Waals surface area contributed by atoms with E-state index >= 15 is 0 Å². The number of pyridine rings is 1. The van der Waals surface area contributed by atoms with Crippen LogP contribution in [0.15, 0.2) is 71.9 Å². The Morgan fingerprint density at radius 3 is 2.53 bits per heavy atom. The molecule has 0 aliphatic heterocycles. The van der Waals surface area contributed by atoms with Gasteiger partial charge in [0.25, 0.3) is 10.0 Å². The lowest BCUT2D eigenvalue weighted by molar-refractivity contribution is 0.519. The molecule has 0 spiro atoms. The minimum absolute atomic E-state index is 0.152. The van der Waals surface area contributed by atoms with Gasteiger partial charge in [-0.3, -0.25) is 9.71 Å². The third-order valence-electron chi connectivity index (χ3n) is 4.79. The number of hydrogen-bond acceptors (Lipinski definition) is 4. The molecule has 0 amide bonds. The molecule has 154 valence electrons. The monoisotopic (exact) mass is 424 g/mol. The third kappa shape index (κ3) is 3.66. The topological polar surface area (TPSA) is 76.9 Å². The van der Waals surface area contributed by atoms with Crippen LogP contribution in [0.2, 0.25) is 0 Å². The molecule has 0 radical (unpaired) electrons. The van der Waals surface area contributed by atoms with Crippen LogP contribution < -0.4 is 4.72 Å². The van der Waals surface area contributed by atoms with Crippen LogP contribution in [0.3, 0.4) is 0 Å². The second-order valence-corrected chi connectivity index (χ2v) is 9.66. The molecule has 0 saturated carbocycles. The van der Waals surface area contributed by atoms with Crippen LogP contribution in [0.1, 0.15) is 26.3 Å². The second-order valence-electron chi connectivity index (χ2n) is 7.97. The Morgan fingerprint density at radius 2 is 1.80 bits per heavy atom. The van der Waals surface area contributed by atoms with Gasteiger partial charge in [-0.15, -0.1) is 0 Å². The number of nitrogens with one attached hydrogen (secondary N) is 1. The molecule has 4 aromatic rings. The lowest BCUT2D eigenvalue weighted by Gasteiger charge is -2.20. The standard InChI is InChI=1S/C22H21FN4O2S/c1-22(2,3)17-10-9-15(14-18(17)23)30(28,29)26-21-11-13-25-27(21)20-8-4-7-19-16(20)6-5-12-24-19/h4-14,26H,1-3H3. The summed E-state index contributed by atoms with van der Waals surface area (Å²) in [5, 5.41) is 5.09. The van der Waals surface area contributed by atoms with Crippen LogP contribution in [0.25, 0.3) is 16.6 Å². The number of hydrogen-bond donors (Lipinski definition) is 1. The van der Waals surface area contributed by atoms with Crippen molar-refractivity contribution in [3.05, 3.63) is 78.4 Å². The quantitative estimate of drug-likeness (QED) is 0.517. The van der Waals surface area contributed by atoms with Gasteiger partial charge in [-0.25, -0.2) is 17.5 Å². The van der Waals surface area contributed by atoms with Gasteiger partial charge in [0.05, 0.1) is 22.3 Å². The highest BCUT2D eigenvalue weighted by molar-refractivity contribution is 7.92. The van der Waals surface area contributed by atoms with Gasteiger partial charge in [0, 0.05) is 17.6 Å². The number of fused-ring (bicyclic) bond motifs is 1. The molecule has 0 unspecified atom stereocenters. The van der Waals surface area contributed by atoms with Crippen molar-refractivity contribution in [1.29, 1.82) is 0 Å². The number of sulfonamides is 1. The van der Waals surface area contributed by atoms with Crippen LogP contribution in [0.5, 0.6) is 0 Å². The zero-order valence-electron chi connectivity index (χ0n) is 16.8. The molecule has 0 saturated heterocycles. The van der Waals surface area contributed by atoms with E-state index in [-0.39, 0.29) is 10.7 Å². The first-order valence-electron chi connectivity index (χ1n) is 9.38. The van der Waals surface area contributed by atoms with Gasteiger partial charge < -0.3 is 0 Å². The zero-order valence-corrected chi connectivity index (χ0v) is 17.6. The number of halogens is 1. The third-order valence-corrected chi connectivity index (χ3v) is 6.14. The molecule has 8 heteroatoms. The number of aromatic nitrogens is 3. The Morgan fingerprint density at radius 1 is 1.00 bits per heavy atom. The van der Waals surface area contributed by atoms with E-state index in [0.29, 0.717) is 11.3 Å². The first-order valence-corrected chi connectivity index (χ1v) is 10.9. The lowest BCUT2D eigenvalue weighted by atomic mass is 9.87. The number of benzene rings is 2. The predicted molar refractivity (Wildman–Crippen MR) is 115 cm³/mol. The summed E-state index contributed by atoms with van der Waals surface area (Å²) in [5.74, 6) is -0.314. The molecule has 0 fully saturated rings. The van der Waals surface area contributed by atoms with E-state index < -0.39 is 21.3 Å². The summed E-state index contributed by atoms with van der Waals surface area (Å²) in [4.78, 5) is 4.17. The Hall–Kier alpha value is -3.26. The van der Waals surface area contributed by atoms with Gasteiger partial charge in [-0.2, -0.15) is 5.10 Å². The fourth-order valence-corrected chi connectivity index (χ4v) is 4.37. The Labute approximate surface area is 174 Å². The summed E-state index contributed by atoms with van der Waals surface area (Å²) in [6.07, 6.45) is 3.19. The fourth-order valence-electron chi connectivity index (χ4n) is 3.31. The van der Waals surface area contributed by atoms with Gasteiger partial charge in [-0.05, 0) is 47.4 Å². The number of anilines is 1. The molecule has 0 atom stereocenters. The van der Waals surface area contributed by atoms with Crippen LogP contribution >= 0.6 is 0 Å². The van der Waals surface area contributed by atoms with Gasteiger partial charge in [0.15, 0.2) is 0 Å². The van der Waals surface area contributed by atoms with Crippen molar-refractivity contribution in [1.82, 2.24) is 14.8 Å². The molecule has 2 aromatic heterocycles. The SMILES string of the molecule is CC(C)(C)c1ccc(S(=O)(=O)Nc2ccnn2-c2cccc3ncccc23)cc1F. The zero-order chi connectivity index (χ0) is 21.5. The van der Waals surface area contributed by atoms with Gasteiger partial charge in [0.2, 0.25) is 0 Å². The van der Waals surface area contributed by atoms with Crippen molar-refractivity contribution in [2.24, 2.45) is 0 Å². The first kappa shape index (κ1) is 20.0. The highest BCUT2D eigenvalue weighted by Gasteiger charge is 2.23. The molecule has 1 N–H and O–H groups in total. The van der Waals surface area contributed by atoms with Gasteiger partial charge in [0.1, 0.15) is 11.6 Å². The second kappa shape index (κ2) is 7.21. The molecule has 2 aromatic carbocycles. The Balaban J connectivity index is 1.73. The minimum Gasteiger partial charge on any atom is -0.263 e. The van der Waals surface area contributed by atoms with E-state index in [4.69, 9.17) is 0 Å². The highest BCUT2D eigenvalue weighted by Crippen LogP contribution is 2.28. The summed E-state index contributed by atoms with van der Waals surface area (Å²) in [6, 6.07) is 14.7. The molecule has 6 nitrogen and oxygen atoms in total. The predicted octanol–water partition coefficient (Wildman–Crippen LogP) is 4.66. The van der Waals surface area contributed by atoms with Crippen molar-refractivity contribution in [2.75, 3.05) is 4.72 Å². The summed E-state index contributed by atoms with van der Waals surface area (Å²) >= 11 is 0. The fraction of sp³-hybridized carbons (Fsp3) is 0.182. The summed E-state index contributed by atoms with van der Waals surface area (Å²) < 4.78 is 44.4. The average Bonchev–Trinajstić information content (AvgIpc) is 3.13. The number of rotatable bonds is 4. The summed E-state index contributed by atoms with van der Waals surface area (Å²) in [7, 11) is -4.02. The van der Waals surface area contributed by atoms with Crippen molar-refractivity contribution in [3.63, 3.8) is 0 Å². The van der Waals surface area contributed by atoms with E-state index in [0.717, 1.165) is 17.0 Å². The highest BCUT2D eigenvalue weighted by atomic mass is 32.2. The van der Waals surface area contributed by atoms with E-state index in [9.17, 15) is 12.8 Å². The van der Waals surface area contributed by atoms with Crippen LogP contribution in [0.4, 0.5) is 10.2 Å². The van der Waals surface area contributed by atoms with Crippen LogP contribution in [0, 0.1) is 5.82 Å². The molecule has 30 heavy (non-hydrogen) atoms. The van der Waals surface area contributed by atoms with E-state index in [2.05, 4.69) is 14.8 Å². The van der Waals surface area contributed by atoms with Crippen molar-refractivity contribution >= 4 is 26.7 Å². The molecule has 0 aliphatic rings. The summed E-state index contributed by atoms with van der Waals surface area (Å²) in [6.45, 7) is 5.61. The normalized spacial score (nSPS) is 12.3. The van der Waals surface area contributed by atoms with E-state index in [1.807, 2.05) is 45.0 Å². The smallest absolute Gasteiger partial charge is 0.263 e. The molecule has 0 aliphatic carbocycles. The molecular weight excluding hydrogens is 403 g/mol. The Kier molecular flexibility index (Phi) is 4.82. The van der Waals surface area contributed by atoms with Crippen molar-refractivity contribution < 1.29 is 12.8 Å². The largest absolute Gasteiger partial charge is 0.263 e. The molecular formula is C22H21FN4O2S. The van der Waals surface area contributed by atoms with Gasteiger partial charge in [-0.1, -0.05) is 32.9 Å². The average molecular weight is 425 g/mol. The van der Waals surface area contributed by atoms with E-state index in [1.54, 1.807) is 18.3 Å². The van der Waals surface area contributed by atoms with Gasteiger partial charge >= 0.3 is 0 Å². The summed E-state index contributed by atoms with van der Waals surface area (Å²) in [5.41, 5.74) is 1.47. The lowest BCUT2D eigenvalue weighted by Crippen LogP contribution is -2.18. The molecule has 0 bridgehead atoms. The molecule has 2 heterocycles. The van der Waals surface area contributed by atoms with Crippen molar-refractivity contribution in [3.8, 4) is 5.69 Å². The maximum Gasteiger partial charge on any atom is 0.263 e. The molecule has 4 rings (SSSR count).